The van der Waals surface area contributed by atoms with E-state index in [0.29, 0.717) is 6.04 Å². The van der Waals surface area contributed by atoms with Gasteiger partial charge in [-0.25, -0.2) is 0 Å². The molecule has 78 valence electrons. The molecule has 1 aliphatic heterocycles. The molecule has 0 radical (unpaired) electrons. The average Bonchev–Trinajstić information content (AvgIpc) is 2.35. The van der Waals surface area contributed by atoms with Crippen molar-refractivity contribution in [3.63, 3.8) is 0 Å². The molecule has 0 aromatic heterocycles. The highest BCUT2D eigenvalue weighted by Gasteiger charge is 2.28. The summed E-state index contributed by atoms with van der Waals surface area (Å²) >= 11 is 0. The highest BCUT2D eigenvalue weighted by atomic mass is 16.3. The van der Waals surface area contributed by atoms with E-state index in [9.17, 15) is 5.11 Å². The summed E-state index contributed by atoms with van der Waals surface area (Å²) in [7, 11) is 0. The van der Waals surface area contributed by atoms with E-state index in [1.807, 2.05) is 6.92 Å². The molecule has 1 saturated heterocycles. The minimum absolute atomic E-state index is 0.479. The molecule has 1 fully saturated rings. The van der Waals surface area contributed by atoms with Crippen molar-refractivity contribution in [3.8, 4) is 0 Å². The van der Waals surface area contributed by atoms with Crippen LogP contribution in [0.25, 0.3) is 0 Å². The van der Waals surface area contributed by atoms with Crippen LogP contribution in [0, 0.1) is 0 Å². The Labute approximate surface area is 81.9 Å². The lowest BCUT2D eigenvalue weighted by atomic mass is 10.00. The van der Waals surface area contributed by atoms with E-state index in [4.69, 9.17) is 0 Å². The number of nitrogens with zero attached hydrogens (tertiary/aromatic N) is 1. The first-order chi connectivity index (χ1) is 6.05. The fourth-order valence-electron chi connectivity index (χ4n) is 2.28. The molecule has 0 aromatic carbocycles. The van der Waals surface area contributed by atoms with E-state index < -0.39 is 5.60 Å². The van der Waals surface area contributed by atoms with Gasteiger partial charge < -0.3 is 5.11 Å². The van der Waals surface area contributed by atoms with Crippen LogP contribution in [0.4, 0.5) is 0 Å². The van der Waals surface area contributed by atoms with E-state index >= 15 is 0 Å². The zero-order valence-corrected chi connectivity index (χ0v) is 9.21. The van der Waals surface area contributed by atoms with Crippen molar-refractivity contribution >= 4 is 0 Å². The minimum Gasteiger partial charge on any atom is -0.389 e. The Balaban J connectivity index is 2.37. The second-order valence-electron chi connectivity index (χ2n) is 4.71. The maximum Gasteiger partial charge on any atom is 0.0746 e. The van der Waals surface area contributed by atoms with E-state index in [-0.39, 0.29) is 0 Å². The Kier molecular flexibility index (Phi) is 3.74. The summed E-state index contributed by atoms with van der Waals surface area (Å²) in [5.41, 5.74) is -0.479. The van der Waals surface area contributed by atoms with Gasteiger partial charge in [0.2, 0.25) is 0 Å². The van der Waals surface area contributed by atoms with Crippen LogP contribution in [0.2, 0.25) is 0 Å². The van der Waals surface area contributed by atoms with Crippen molar-refractivity contribution in [1.29, 1.82) is 0 Å². The molecule has 1 N–H and O–H groups in total. The summed E-state index contributed by atoms with van der Waals surface area (Å²) in [4.78, 5) is 2.41. The highest BCUT2D eigenvalue weighted by Crippen LogP contribution is 2.21. The third-order valence-electron chi connectivity index (χ3n) is 3.02. The van der Waals surface area contributed by atoms with Crippen LogP contribution < -0.4 is 0 Å². The molecule has 1 rings (SSSR count). The van der Waals surface area contributed by atoms with Gasteiger partial charge in [-0.15, -0.1) is 0 Å². The zero-order chi connectivity index (χ0) is 9.90. The van der Waals surface area contributed by atoms with Crippen LogP contribution in [-0.4, -0.2) is 34.7 Å². The molecule has 1 heterocycles. The number of hydrogen-bond acceptors (Lipinski definition) is 2. The molecule has 13 heavy (non-hydrogen) atoms. The predicted octanol–water partition coefficient (Wildman–Crippen LogP) is 2.02. The van der Waals surface area contributed by atoms with Crippen molar-refractivity contribution < 1.29 is 5.11 Å². The minimum atomic E-state index is -0.479. The lowest BCUT2D eigenvalue weighted by Gasteiger charge is -2.31. The molecular weight excluding hydrogens is 162 g/mol. The van der Waals surface area contributed by atoms with Crippen molar-refractivity contribution in [2.45, 2.75) is 58.1 Å². The summed E-state index contributed by atoms with van der Waals surface area (Å²) in [6, 6.07) is 0.670. The van der Waals surface area contributed by atoms with Crippen molar-refractivity contribution in [2.24, 2.45) is 0 Å². The average molecular weight is 185 g/mol. The molecule has 0 spiro atoms. The molecule has 2 heteroatoms. The van der Waals surface area contributed by atoms with E-state index in [1.165, 1.54) is 19.4 Å². The first-order valence-corrected chi connectivity index (χ1v) is 5.51. The third-order valence-corrected chi connectivity index (χ3v) is 3.02. The highest BCUT2D eigenvalue weighted by molar-refractivity contribution is 4.83. The van der Waals surface area contributed by atoms with Gasteiger partial charge in [-0.1, -0.05) is 13.3 Å². The number of aliphatic hydroxyl groups is 1. The maximum atomic E-state index is 10.1. The standard InChI is InChI=1S/C11H23NO/c1-4-7-11(3,13)9-12-8-5-6-10(12)2/h10,13H,4-9H2,1-3H3. The normalized spacial score (nSPS) is 29.1. The van der Waals surface area contributed by atoms with Crippen LogP contribution in [0.15, 0.2) is 0 Å². The first-order valence-electron chi connectivity index (χ1n) is 5.51. The number of rotatable bonds is 4. The van der Waals surface area contributed by atoms with E-state index in [0.717, 1.165) is 19.4 Å². The van der Waals surface area contributed by atoms with Gasteiger partial charge in [-0.3, -0.25) is 4.90 Å². The molecule has 2 unspecified atom stereocenters. The summed E-state index contributed by atoms with van der Waals surface area (Å²) in [6.07, 6.45) is 4.57. The Morgan fingerprint density at radius 2 is 2.23 bits per heavy atom. The van der Waals surface area contributed by atoms with Gasteiger partial charge >= 0.3 is 0 Å². The number of hydrogen-bond donors (Lipinski definition) is 1. The molecule has 2 nitrogen and oxygen atoms in total. The Hall–Kier alpha value is -0.0800. The van der Waals surface area contributed by atoms with E-state index in [1.54, 1.807) is 0 Å². The van der Waals surface area contributed by atoms with Crippen LogP contribution in [-0.2, 0) is 0 Å². The van der Waals surface area contributed by atoms with Crippen LogP contribution in [0.5, 0.6) is 0 Å². The van der Waals surface area contributed by atoms with Gasteiger partial charge in [0.1, 0.15) is 0 Å². The van der Waals surface area contributed by atoms with Crippen molar-refractivity contribution in [3.05, 3.63) is 0 Å². The van der Waals surface area contributed by atoms with Gasteiger partial charge in [-0.05, 0) is 39.7 Å². The largest absolute Gasteiger partial charge is 0.389 e. The second kappa shape index (κ2) is 4.43. The van der Waals surface area contributed by atoms with Gasteiger partial charge in [0.25, 0.3) is 0 Å². The molecule has 0 bridgehead atoms. The number of likely N-dealkylation sites (tertiary alicyclic amines) is 1. The van der Waals surface area contributed by atoms with Crippen LogP contribution >= 0.6 is 0 Å². The van der Waals surface area contributed by atoms with Crippen molar-refractivity contribution in [2.75, 3.05) is 13.1 Å². The molecule has 2 atom stereocenters. The Morgan fingerprint density at radius 3 is 2.69 bits per heavy atom. The van der Waals surface area contributed by atoms with E-state index in [2.05, 4.69) is 18.7 Å². The molecule has 1 aliphatic rings. The molecule has 0 saturated carbocycles. The molecular formula is C11H23NO. The SMILES string of the molecule is CCCC(C)(O)CN1CCCC1C. The summed E-state index contributed by atoms with van der Waals surface area (Å²) in [5.74, 6) is 0. The Morgan fingerprint density at radius 1 is 1.54 bits per heavy atom. The second-order valence-corrected chi connectivity index (χ2v) is 4.71. The topological polar surface area (TPSA) is 23.5 Å². The summed E-state index contributed by atoms with van der Waals surface area (Å²) in [5, 5.41) is 10.1. The maximum absolute atomic E-state index is 10.1. The van der Waals surface area contributed by atoms with Crippen LogP contribution in [0.1, 0.15) is 46.5 Å². The first kappa shape index (κ1) is 11.0. The van der Waals surface area contributed by atoms with Gasteiger partial charge in [0.05, 0.1) is 5.60 Å². The Bertz CT molecular complexity index is 156. The summed E-state index contributed by atoms with van der Waals surface area (Å²) in [6.45, 7) is 8.36. The fourth-order valence-corrected chi connectivity index (χ4v) is 2.28. The molecule has 0 aliphatic carbocycles. The lowest BCUT2D eigenvalue weighted by molar-refractivity contribution is 0.00988. The quantitative estimate of drug-likeness (QED) is 0.724. The molecule has 0 amide bonds. The van der Waals surface area contributed by atoms with Gasteiger partial charge in [0, 0.05) is 12.6 Å². The predicted molar refractivity (Wildman–Crippen MR) is 55.8 cm³/mol. The summed E-state index contributed by atoms with van der Waals surface area (Å²) < 4.78 is 0. The lowest BCUT2D eigenvalue weighted by Crippen LogP contribution is -2.42. The van der Waals surface area contributed by atoms with Gasteiger partial charge in [-0.2, -0.15) is 0 Å². The van der Waals surface area contributed by atoms with Gasteiger partial charge in [0.15, 0.2) is 0 Å². The number of β-amino-alcohol motifs (C(OH)–C–C–N with tert-alkyl or cyclic N) is 1. The smallest absolute Gasteiger partial charge is 0.0746 e. The fraction of sp³-hybridized carbons (Fsp3) is 1.00. The third kappa shape index (κ3) is 3.28. The van der Waals surface area contributed by atoms with Crippen molar-refractivity contribution in [1.82, 2.24) is 4.90 Å². The monoisotopic (exact) mass is 185 g/mol. The molecule has 0 aromatic rings. The van der Waals surface area contributed by atoms with Crippen LogP contribution in [0.3, 0.4) is 0 Å². The zero-order valence-electron chi connectivity index (χ0n) is 9.21.